The van der Waals surface area contributed by atoms with Crippen molar-refractivity contribution in [2.45, 2.75) is 25.1 Å². The maximum absolute atomic E-state index is 11.6. The van der Waals surface area contributed by atoms with Gasteiger partial charge in [-0.3, -0.25) is 4.79 Å². The minimum Gasteiger partial charge on any atom is -0.480 e. The Kier molecular flexibility index (Phi) is 2.50. The number of carbonyl (C=O) groups is 1. The Balaban J connectivity index is 4.25. The maximum atomic E-state index is 11.6. The Morgan fingerprint density at radius 2 is 1.91 bits per heavy atom. The molecule has 0 aliphatic rings. The van der Waals surface area contributed by atoms with Crippen LogP contribution in [-0.2, 0) is 4.79 Å². The Hall–Kier alpha value is -0.780. The van der Waals surface area contributed by atoms with Gasteiger partial charge in [0.1, 0.15) is 5.54 Å². The smallest absolute Gasteiger partial charge is 0.391 e. The van der Waals surface area contributed by atoms with Crippen molar-refractivity contribution < 1.29 is 23.1 Å². The Morgan fingerprint density at radius 1 is 1.55 bits per heavy atom. The second-order valence-corrected chi connectivity index (χ2v) is 2.51. The van der Waals surface area contributed by atoms with Crippen molar-refractivity contribution in [1.82, 2.24) is 0 Å². The number of hydrogen-bond donors (Lipinski definition) is 2. The molecule has 0 rings (SSSR count). The second kappa shape index (κ2) is 2.69. The van der Waals surface area contributed by atoms with Crippen molar-refractivity contribution in [3.8, 4) is 0 Å². The van der Waals surface area contributed by atoms with Crippen LogP contribution in [0.15, 0.2) is 0 Å². The molecule has 1 atom stereocenters. The van der Waals surface area contributed by atoms with Crippen LogP contribution in [0.4, 0.5) is 13.2 Å². The fourth-order valence-corrected chi connectivity index (χ4v) is 0.492. The van der Waals surface area contributed by atoms with E-state index in [-0.39, 0.29) is 0 Å². The highest BCUT2D eigenvalue weighted by atomic mass is 19.4. The summed E-state index contributed by atoms with van der Waals surface area (Å²) in [5.74, 6) is -1.66. The Morgan fingerprint density at radius 3 is 2.00 bits per heavy atom. The lowest BCUT2D eigenvalue weighted by molar-refractivity contribution is -0.165. The molecule has 0 unspecified atom stereocenters. The summed E-state index contributed by atoms with van der Waals surface area (Å²) in [6, 6.07) is 0. The number of rotatable bonds is 2. The van der Waals surface area contributed by atoms with Gasteiger partial charge in [0.05, 0.1) is 6.42 Å². The van der Waals surface area contributed by atoms with Gasteiger partial charge in [-0.1, -0.05) is 0 Å². The molecule has 0 fully saturated rings. The Labute approximate surface area is 61.0 Å². The van der Waals surface area contributed by atoms with Gasteiger partial charge in [0.25, 0.3) is 0 Å². The molecule has 0 saturated heterocycles. The van der Waals surface area contributed by atoms with Gasteiger partial charge in [-0.15, -0.1) is 0 Å². The fourth-order valence-electron chi connectivity index (χ4n) is 0.492. The molecule has 0 amide bonds. The molecule has 66 valence electrons. The van der Waals surface area contributed by atoms with Crippen LogP contribution >= 0.6 is 0 Å². The lowest BCUT2D eigenvalue weighted by atomic mass is 10.00. The summed E-state index contributed by atoms with van der Waals surface area (Å²) in [6.45, 7) is 0.822. The zero-order valence-electron chi connectivity index (χ0n) is 5.77. The first-order chi connectivity index (χ1) is 4.65. The SMILES string of the molecule is C[C@@](N)(CC(F)(F)F)C(=O)O. The Bertz CT molecular complexity index is 164. The largest absolute Gasteiger partial charge is 0.480 e. The molecule has 0 aliphatic heterocycles. The quantitative estimate of drug-likeness (QED) is 0.644. The number of alkyl halides is 3. The van der Waals surface area contributed by atoms with Crippen molar-refractivity contribution in [3.63, 3.8) is 0 Å². The molecule has 0 aliphatic carbocycles. The third-order valence-corrected chi connectivity index (χ3v) is 1.06. The van der Waals surface area contributed by atoms with E-state index in [9.17, 15) is 18.0 Å². The summed E-state index contributed by atoms with van der Waals surface area (Å²) < 4.78 is 34.7. The predicted molar refractivity (Wildman–Crippen MR) is 30.9 cm³/mol. The fraction of sp³-hybridized carbons (Fsp3) is 0.800. The van der Waals surface area contributed by atoms with Crippen LogP contribution < -0.4 is 5.73 Å². The number of halogens is 3. The molecule has 0 radical (unpaired) electrons. The third kappa shape index (κ3) is 3.82. The van der Waals surface area contributed by atoms with Crippen LogP contribution in [0.3, 0.4) is 0 Å². The van der Waals surface area contributed by atoms with Gasteiger partial charge in [-0.25, -0.2) is 0 Å². The first kappa shape index (κ1) is 10.2. The molecule has 3 N–H and O–H groups in total. The maximum Gasteiger partial charge on any atom is 0.391 e. The molecule has 11 heavy (non-hydrogen) atoms. The number of hydrogen-bond acceptors (Lipinski definition) is 2. The average molecular weight is 171 g/mol. The lowest BCUT2D eigenvalue weighted by Crippen LogP contribution is -2.48. The standard InChI is InChI=1S/C5H8F3NO2/c1-4(9,3(10)11)2-5(6,7)8/h2,9H2,1H3,(H,10,11)/t4-/m1/s1. The minimum absolute atomic E-state index is 0.822. The first-order valence-corrected chi connectivity index (χ1v) is 2.74. The van der Waals surface area contributed by atoms with Crippen LogP contribution in [0, 0.1) is 0 Å². The summed E-state index contributed by atoms with van der Waals surface area (Å²) in [4.78, 5) is 10.1. The third-order valence-electron chi connectivity index (χ3n) is 1.06. The molecule has 0 saturated carbocycles. The number of carboxylic acids is 1. The highest BCUT2D eigenvalue weighted by molar-refractivity contribution is 5.77. The lowest BCUT2D eigenvalue weighted by Gasteiger charge is -2.20. The van der Waals surface area contributed by atoms with E-state index in [4.69, 9.17) is 10.8 Å². The summed E-state index contributed by atoms with van der Waals surface area (Å²) in [5.41, 5.74) is 2.60. The molecule has 0 aromatic heterocycles. The molecule has 3 nitrogen and oxygen atoms in total. The highest BCUT2D eigenvalue weighted by Gasteiger charge is 2.41. The molecule has 0 heterocycles. The molecular weight excluding hydrogens is 163 g/mol. The van der Waals surface area contributed by atoms with E-state index >= 15 is 0 Å². The molecule has 0 aromatic carbocycles. The van der Waals surface area contributed by atoms with Crippen molar-refractivity contribution in [1.29, 1.82) is 0 Å². The van der Waals surface area contributed by atoms with Crippen LogP contribution in [0.1, 0.15) is 13.3 Å². The van der Waals surface area contributed by atoms with Gasteiger partial charge >= 0.3 is 12.1 Å². The summed E-state index contributed by atoms with van der Waals surface area (Å²) >= 11 is 0. The van der Waals surface area contributed by atoms with Crippen LogP contribution in [-0.4, -0.2) is 22.8 Å². The summed E-state index contributed by atoms with van der Waals surface area (Å²) in [7, 11) is 0. The minimum atomic E-state index is -4.54. The normalized spacial score (nSPS) is 17.5. The summed E-state index contributed by atoms with van der Waals surface area (Å²) in [6.07, 6.45) is -6.06. The van der Waals surface area contributed by atoms with Gasteiger partial charge in [0.2, 0.25) is 0 Å². The highest BCUT2D eigenvalue weighted by Crippen LogP contribution is 2.25. The van der Waals surface area contributed by atoms with E-state index in [0.717, 1.165) is 6.92 Å². The van der Waals surface area contributed by atoms with Crippen LogP contribution in [0.25, 0.3) is 0 Å². The molecule has 0 bridgehead atoms. The van der Waals surface area contributed by atoms with Gasteiger partial charge in [0, 0.05) is 0 Å². The van der Waals surface area contributed by atoms with Crippen molar-refractivity contribution in [2.75, 3.05) is 0 Å². The molecule has 0 aromatic rings. The monoisotopic (exact) mass is 171 g/mol. The van der Waals surface area contributed by atoms with E-state index in [0.29, 0.717) is 0 Å². The molecule has 6 heteroatoms. The van der Waals surface area contributed by atoms with E-state index in [1.165, 1.54) is 0 Å². The molecular formula is C5H8F3NO2. The van der Waals surface area contributed by atoms with Crippen LogP contribution in [0.5, 0.6) is 0 Å². The first-order valence-electron chi connectivity index (χ1n) is 2.74. The van der Waals surface area contributed by atoms with Crippen molar-refractivity contribution >= 4 is 5.97 Å². The average Bonchev–Trinajstić information content (AvgIpc) is 1.56. The van der Waals surface area contributed by atoms with E-state index in [1.54, 1.807) is 0 Å². The summed E-state index contributed by atoms with van der Waals surface area (Å²) in [5, 5.41) is 8.18. The van der Waals surface area contributed by atoms with Gasteiger partial charge in [0.15, 0.2) is 0 Å². The predicted octanol–water partition coefficient (Wildman–Crippen LogP) is 0.741. The number of aliphatic carboxylic acids is 1. The van der Waals surface area contributed by atoms with Crippen LogP contribution in [0.2, 0.25) is 0 Å². The topological polar surface area (TPSA) is 63.3 Å². The van der Waals surface area contributed by atoms with E-state index in [2.05, 4.69) is 0 Å². The van der Waals surface area contributed by atoms with E-state index < -0.39 is 24.1 Å². The second-order valence-electron chi connectivity index (χ2n) is 2.51. The number of carboxylic acid groups (broad SMARTS) is 1. The van der Waals surface area contributed by atoms with Gasteiger partial charge < -0.3 is 10.8 Å². The van der Waals surface area contributed by atoms with Gasteiger partial charge in [-0.05, 0) is 6.92 Å². The van der Waals surface area contributed by atoms with Crippen molar-refractivity contribution in [3.05, 3.63) is 0 Å². The van der Waals surface area contributed by atoms with Crippen molar-refractivity contribution in [2.24, 2.45) is 5.73 Å². The van der Waals surface area contributed by atoms with Gasteiger partial charge in [-0.2, -0.15) is 13.2 Å². The zero-order chi connectivity index (χ0) is 9.28. The zero-order valence-corrected chi connectivity index (χ0v) is 5.77. The number of nitrogens with two attached hydrogens (primary N) is 1. The molecule has 0 spiro atoms. The van der Waals surface area contributed by atoms with E-state index in [1.807, 2.05) is 0 Å².